The molecule has 0 aliphatic carbocycles. The standard InChI is InChI=1S/C31H29NO3S/c1-21-7-3-6-10-26(21)28-20-23(12-11-22-13-15-24-8-4-5-9-25(24)19-22)14-16-27(28)30(33)32-29(31(34)35)17-18-36-2/h3-16,19-20,29H,17-18H2,1-2H3,(H,32,33)(H,34,35)/t29-/m0/s1. The highest BCUT2D eigenvalue weighted by atomic mass is 32.2. The lowest BCUT2D eigenvalue weighted by Gasteiger charge is -2.17. The summed E-state index contributed by atoms with van der Waals surface area (Å²) in [5.74, 6) is -0.753. The zero-order valence-corrected chi connectivity index (χ0v) is 21.2. The Morgan fingerprint density at radius 1 is 0.861 bits per heavy atom. The minimum absolute atomic E-state index is 0.370. The fraction of sp³-hybridized carbons (Fsp3) is 0.161. The van der Waals surface area contributed by atoms with Gasteiger partial charge in [-0.3, -0.25) is 4.79 Å². The highest BCUT2D eigenvalue weighted by Crippen LogP contribution is 2.29. The van der Waals surface area contributed by atoms with Crippen LogP contribution in [-0.2, 0) is 4.79 Å². The molecule has 1 amide bonds. The first-order valence-electron chi connectivity index (χ1n) is 11.9. The molecular weight excluding hydrogens is 466 g/mol. The van der Waals surface area contributed by atoms with Gasteiger partial charge in [0, 0.05) is 5.56 Å². The second-order valence-corrected chi connectivity index (χ2v) is 9.69. The van der Waals surface area contributed by atoms with Crippen LogP contribution in [0.4, 0.5) is 0 Å². The minimum Gasteiger partial charge on any atom is -0.480 e. The normalized spacial score (nSPS) is 12.1. The zero-order chi connectivity index (χ0) is 25.5. The lowest BCUT2D eigenvalue weighted by atomic mass is 9.93. The SMILES string of the molecule is CSCC[C@H](NC(=O)c1ccc(C=Cc2ccc3ccccc3c2)cc1-c1ccccc1C)C(=O)O. The summed E-state index contributed by atoms with van der Waals surface area (Å²) in [6, 6.07) is 27.2. The molecule has 0 aliphatic heterocycles. The van der Waals surface area contributed by atoms with Gasteiger partial charge in [0.2, 0.25) is 0 Å². The van der Waals surface area contributed by atoms with E-state index in [4.69, 9.17) is 0 Å². The fourth-order valence-electron chi connectivity index (χ4n) is 4.19. The van der Waals surface area contributed by atoms with Crippen LogP contribution in [0.2, 0.25) is 0 Å². The smallest absolute Gasteiger partial charge is 0.326 e. The van der Waals surface area contributed by atoms with Crippen molar-refractivity contribution in [2.75, 3.05) is 12.0 Å². The van der Waals surface area contributed by atoms with Crippen LogP contribution >= 0.6 is 11.8 Å². The van der Waals surface area contributed by atoms with Gasteiger partial charge in [0.1, 0.15) is 6.04 Å². The van der Waals surface area contributed by atoms with Crippen molar-refractivity contribution in [1.29, 1.82) is 0 Å². The van der Waals surface area contributed by atoms with Crippen LogP contribution in [-0.4, -0.2) is 35.0 Å². The number of aryl methyl sites for hydroxylation is 1. The molecule has 2 N–H and O–H groups in total. The number of amides is 1. The summed E-state index contributed by atoms with van der Waals surface area (Å²) in [5, 5.41) is 14.7. The minimum atomic E-state index is -1.02. The Bertz CT molecular complexity index is 1430. The Kier molecular flexibility index (Phi) is 8.24. The number of rotatable bonds is 9. The highest BCUT2D eigenvalue weighted by molar-refractivity contribution is 7.98. The number of carboxylic acids is 1. The average molecular weight is 496 g/mol. The molecule has 4 rings (SSSR count). The number of carboxylic acid groups (broad SMARTS) is 1. The van der Waals surface area contributed by atoms with Gasteiger partial charge < -0.3 is 10.4 Å². The number of benzene rings is 4. The second-order valence-electron chi connectivity index (χ2n) is 8.71. The molecule has 0 saturated heterocycles. The molecular formula is C31H29NO3S. The summed E-state index contributed by atoms with van der Waals surface area (Å²) in [4.78, 5) is 24.9. The summed E-state index contributed by atoms with van der Waals surface area (Å²) in [6.45, 7) is 2.01. The molecule has 36 heavy (non-hydrogen) atoms. The Hall–Kier alpha value is -3.83. The van der Waals surface area contributed by atoms with Crippen LogP contribution < -0.4 is 5.32 Å². The molecule has 0 heterocycles. The van der Waals surface area contributed by atoms with Gasteiger partial charge in [0.25, 0.3) is 5.91 Å². The summed E-state index contributed by atoms with van der Waals surface area (Å²) < 4.78 is 0. The van der Waals surface area contributed by atoms with E-state index >= 15 is 0 Å². The van der Waals surface area contributed by atoms with E-state index < -0.39 is 12.0 Å². The summed E-state index contributed by atoms with van der Waals surface area (Å²) in [6.07, 6.45) is 6.38. The number of hydrogen-bond acceptors (Lipinski definition) is 3. The molecule has 0 unspecified atom stereocenters. The van der Waals surface area contributed by atoms with Crippen LogP contribution in [0.25, 0.3) is 34.1 Å². The average Bonchev–Trinajstić information content (AvgIpc) is 2.89. The third kappa shape index (κ3) is 6.04. The second kappa shape index (κ2) is 11.7. The van der Waals surface area contributed by atoms with Gasteiger partial charge in [-0.1, -0.05) is 78.9 Å². The number of carbonyl (C=O) groups is 2. The number of aliphatic carboxylic acids is 1. The van der Waals surface area contributed by atoms with E-state index in [0.717, 1.165) is 27.8 Å². The molecule has 1 atom stereocenters. The third-order valence-electron chi connectivity index (χ3n) is 6.18. The summed E-state index contributed by atoms with van der Waals surface area (Å²) in [7, 11) is 0. The van der Waals surface area contributed by atoms with E-state index in [2.05, 4.69) is 41.7 Å². The van der Waals surface area contributed by atoms with Gasteiger partial charge in [-0.05, 0) is 82.1 Å². The van der Waals surface area contributed by atoms with Crippen LogP contribution in [0.5, 0.6) is 0 Å². The Labute approximate surface area is 216 Å². The molecule has 0 radical (unpaired) electrons. The maximum Gasteiger partial charge on any atom is 0.326 e. The maximum atomic E-state index is 13.2. The van der Waals surface area contributed by atoms with E-state index in [1.54, 1.807) is 17.8 Å². The first-order chi connectivity index (χ1) is 17.5. The number of nitrogens with one attached hydrogen (secondary N) is 1. The molecule has 0 bridgehead atoms. The van der Waals surface area contributed by atoms with E-state index in [1.807, 2.05) is 67.8 Å². The van der Waals surface area contributed by atoms with Crippen molar-refractivity contribution in [2.45, 2.75) is 19.4 Å². The van der Waals surface area contributed by atoms with Crippen LogP contribution in [0.15, 0.2) is 84.9 Å². The van der Waals surface area contributed by atoms with E-state index in [9.17, 15) is 14.7 Å². The van der Waals surface area contributed by atoms with Crippen molar-refractivity contribution in [1.82, 2.24) is 5.32 Å². The van der Waals surface area contributed by atoms with Crippen molar-refractivity contribution >= 4 is 46.6 Å². The van der Waals surface area contributed by atoms with Crippen molar-refractivity contribution in [2.24, 2.45) is 0 Å². The van der Waals surface area contributed by atoms with Gasteiger partial charge in [0.15, 0.2) is 0 Å². The number of fused-ring (bicyclic) bond motifs is 1. The van der Waals surface area contributed by atoms with Gasteiger partial charge in [-0.2, -0.15) is 11.8 Å². The first-order valence-corrected chi connectivity index (χ1v) is 13.2. The third-order valence-corrected chi connectivity index (χ3v) is 6.82. The molecule has 4 aromatic carbocycles. The van der Waals surface area contributed by atoms with Crippen molar-refractivity contribution in [3.05, 3.63) is 107 Å². The molecule has 0 fully saturated rings. The summed E-state index contributed by atoms with van der Waals surface area (Å²) in [5.41, 5.74) is 5.27. The van der Waals surface area contributed by atoms with Crippen LogP contribution in [0.1, 0.15) is 33.5 Å². The monoisotopic (exact) mass is 495 g/mol. The molecule has 4 aromatic rings. The lowest BCUT2D eigenvalue weighted by molar-refractivity contribution is -0.139. The number of hydrogen-bond donors (Lipinski definition) is 2. The predicted molar refractivity (Wildman–Crippen MR) is 151 cm³/mol. The number of thioether (sulfide) groups is 1. The molecule has 0 saturated carbocycles. The molecule has 4 nitrogen and oxygen atoms in total. The molecule has 0 aromatic heterocycles. The van der Waals surface area contributed by atoms with E-state index in [1.165, 1.54) is 10.8 Å². The van der Waals surface area contributed by atoms with Crippen molar-refractivity contribution < 1.29 is 14.7 Å². The zero-order valence-electron chi connectivity index (χ0n) is 20.4. The quantitative estimate of drug-likeness (QED) is 0.247. The summed E-state index contributed by atoms with van der Waals surface area (Å²) >= 11 is 1.56. The lowest BCUT2D eigenvalue weighted by Crippen LogP contribution is -2.41. The van der Waals surface area contributed by atoms with Crippen molar-refractivity contribution in [3.8, 4) is 11.1 Å². The van der Waals surface area contributed by atoms with Gasteiger partial charge in [-0.25, -0.2) is 4.79 Å². The Morgan fingerprint density at radius 2 is 1.53 bits per heavy atom. The topological polar surface area (TPSA) is 66.4 Å². The Morgan fingerprint density at radius 3 is 2.25 bits per heavy atom. The fourth-order valence-corrected chi connectivity index (χ4v) is 4.67. The largest absolute Gasteiger partial charge is 0.480 e. The van der Waals surface area contributed by atoms with Gasteiger partial charge >= 0.3 is 5.97 Å². The first kappa shape index (κ1) is 25.3. The van der Waals surface area contributed by atoms with E-state index in [0.29, 0.717) is 17.7 Å². The number of carbonyl (C=O) groups excluding carboxylic acids is 1. The predicted octanol–water partition coefficient (Wildman–Crippen LogP) is 6.92. The Balaban J connectivity index is 1.68. The molecule has 0 spiro atoms. The molecule has 5 heteroatoms. The van der Waals surface area contributed by atoms with E-state index in [-0.39, 0.29) is 5.91 Å². The van der Waals surface area contributed by atoms with Crippen LogP contribution in [0.3, 0.4) is 0 Å². The highest BCUT2D eigenvalue weighted by Gasteiger charge is 2.22. The molecule has 0 aliphatic rings. The van der Waals surface area contributed by atoms with Gasteiger partial charge in [-0.15, -0.1) is 0 Å². The maximum absolute atomic E-state index is 13.2. The molecule has 182 valence electrons. The van der Waals surface area contributed by atoms with Gasteiger partial charge in [0.05, 0.1) is 0 Å². The van der Waals surface area contributed by atoms with Crippen molar-refractivity contribution in [3.63, 3.8) is 0 Å². The van der Waals surface area contributed by atoms with Crippen LogP contribution in [0, 0.1) is 6.92 Å².